The second-order valence-electron chi connectivity index (χ2n) is 7.18. The summed E-state index contributed by atoms with van der Waals surface area (Å²) in [6, 6.07) is 7.14. The summed E-state index contributed by atoms with van der Waals surface area (Å²) in [4.78, 5) is 4.62. The Morgan fingerprint density at radius 1 is 1.08 bits per heavy atom. The number of rotatable bonds is 4. The van der Waals surface area contributed by atoms with Gasteiger partial charge in [0, 0.05) is 31.7 Å². The van der Waals surface area contributed by atoms with Crippen LogP contribution < -0.4 is 0 Å². The summed E-state index contributed by atoms with van der Waals surface area (Å²) in [6.45, 7) is 3.70. The quantitative estimate of drug-likeness (QED) is 0.852. The summed E-state index contributed by atoms with van der Waals surface area (Å²) < 4.78 is 16.6. The molecule has 2 aliphatic rings. The second kappa shape index (κ2) is 7.17. The van der Waals surface area contributed by atoms with Crippen molar-refractivity contribution in [3.8, 4) is 0 Å². The number of nitrogens with zero attached hydrogens (tertiary/aromatic N) is 6. The normalized spacial score (nSPS) is 21.7. The van der Waals surface area contributed by atoms with Gasteiger partial charge in [0.1, 0.15) is 11.9 Å². The van der Waals surface area contributed by atoms with Crippen molar-refractivity contribution in [1.82, 2.24) is 30.0 Å². The van der Waals surface area contributed by atoms with Gasteiger partial charge in [0.2, 0.25) is 0 Å². The molecule has 0 unspecified atom stereocenters. The van der Waals surface area contributed by atoms with Gasteiger partial charge in [0.05, 0.1) is 6.04 Å². The maximum atomic E-state index is 14.7. The molecule has 0 radical (unpaired) electrons. The fourth-order valence-electron chi connectivity index (χ4n) is 4.07. The highest BCUT2D eigenvalue weighted by Crippen LogP contribution is 2.35. The summed E-state index contributed by atoms with van der Waals surface area (Å²) in [7, 11) is 2.12. The minimum Gasteiger partial charge on any atom is -0.304 e. The number of tetrazole rings is 1. The standard InChI is InChI=1S/C18H25FN6/c1-23-10-12-24(13-11-23)17(15-8-4-5-9-16(15)19)18-20-21-22-25(18)14-6-2-3-7-14/h4-5,8-9,14,17H,2-3,6-7,10-13H2,1H3/t17-/m1/s1. The lowest BCUT2D eigenvalue weighted by Gasteiger charge is -2.37. The first-order valence-electron chi connectivity index (χ1n) is 9.19. The third kappa shape index (κ3) is 3.30. The molecule has 0 amide bonds. The third-order valence-corrected chi connectivity index (χ3v) is 5.54. The molecule has 1 aliphatic carbocycles. The van der Waals surface area contributed by atoms with Gasteiger partial charge in [0.25, 0.3) is 0 Å². The molecule has 1 saturated heterocycles. The highest BCUT2D eigenvalue weighted by atomic mass is 19.1. The van der Waals surface area contributed by atoms with E-state index in [4.69, 9.17) is 0 Å². The number of halogens is 1. The largest absolute Gasteiger partial charge is 0.304 e. The van der Waals surface area contributed by atoms with Crippen LogP contribution in [0.2, 0.25) is 0 Å². The van der Waals surface area contributed by atoms with Crippen LogP contribution in [0.4, 0.5) is 4.39 Å². The van der Waals surface area contributed by atoms with Crippen LogP contribution in [0, 0.1) is 5.82 Å². The number of hydrogen-bond donors (Lipinski definition) is 0. The van der Waals surface area contributed by atoms with Crippen LogP contribution >= 0.6 is 0 Å². The van der Waals surface area contributed by atoms with E-state index in [1.807, 2.05) is 16.8 Å². The van der Waals surface area contributed by atoms with Crippen molar-refractivity contribution in [2.24, 2.45) is 0 Å². The second-order valence-corrected chi connectivity index (χ2v) is 7.18. The first kappa shape index (κ1) is 16.6. The maximum Gasteiger partial charge on any atom is 0.173 e. The Morgan fingerprint density at radius 3 is 2.52 bits per heavy atom. The van der Waals surface area contributed by atoms with Gasteiger partial charge >= 0.3 is 0 Å². The maximum absolute atomic E-state index is 14.7. The van der Waals surface area contributed by atoms with Crippen LogP contribution in [0.15, 0.2) is 24.3 Å². The van der Waals surface area contributed by atoms with Gasteiger partial charge in [0.15, 0.2) is 5.82 Å². The summed E-state index contributed by atoms with van der Waals surface area (Å²) in [5.41, 5.74) is 0.668. The summed E-state index contributed by atoms with van der Waals surface area (Å²) >= 11 is 0. The zero-order valence-corrected chi connectivity index (χ0v) is 14.7. The molecule has 2 heterocycles. The molecule has 1 aliphatic heterocycles. The topological polar surface area (TPSA) is 50.1 Å². The van der Waals surface area contributed by atoms with Gasteiger partial charge in [-0.1, -0.05) is 31.0 Å². The van der Waals surface area contributed by atoms with Crippen LogP contribution in [-0.2, 0) is 0 Å². The number of likely N-dealkylation sites (N-methyl/N-ethyl adjacent to an activating group) is 1. The van der Waals surface area contributed by atoms with Crippen molar-refractivity contribution >= 4 is 0 Å². The van der Waals surface area contributed by atoms with E-state index in [1.165, 1.54) is 18.9 Å². The molecule has 0 bridgehead atoms. The molecule has 0 spiro atoms. The monoisotopic (exact) mass is 344 g/mol. The average molecular weight is 344 g/mol. The molecule has 1 aromatic heterocycles. The molecule has 4 rings (SSSR count). The van der Waals surface area contributed by atoms with Crippen molar-refractivity contribution in [3.05, 3.63) is 41.5 Å². The Hall–Kier alpha value is -1.86. The molecule has 0 N–H and O–H groups in total. The fourth-order valence-corrected chi connectivity index (χ4v) is 4.07. The molecule has 2 aromatic rings. The highest BCUT2D eigenvalue weighted by Gasteiger charge is 2.33. The molecule has 6 nitrogen and oxygen atoms in total. The molecule has 7 heteroatoms. The van der Waals surface area contributed by atoms with Crippen LogP contribution in [0.5, 0.6) is 0 Å². The lowest BCUT2D eigenvalue weighted by atomic mass is 10.0. The molecular formula is C18H25FN6. The lowest BCUT2D eigenvalue weighted by molar-refractivity contribution is 0.119. The Morgan fingerprint density at radius 2 is 1.80 bits per heavy atom. The minimum absolute atomic E-state index is 0.188. The minimum atomic E-state index is -0.231. The van der Waals surface area contributed by atoms with Gasteiger partial charge in [-0.3, -0.25) is 4.90 Å². The Bertz CT molecular complexity index is 703. The number of aromatic nitrogens is 4. The first-order valence-corrected chi connectivity index (χ1v) is 9.19. The zero-order valence-electron chi connectivity index (χ0n) is 14.7. The molecule has 1 aromatic carbocycles. The number of benzene rings is 1. The average Bonchev–Trinajstić information content (AvgIpc) is 3.30. The Balaban J connectivity index is 1.73. The van der Waals surface area contributed by atoms with E-state index in [2.05, 4.69) is 32.4 Å². The van der Waals surface area contributed by atoms with E-state index < -0.39 is 0 Å². The summed E-state index contributed by atoms with van der Waals surface area (Å²) in [5.74, 6) is 0.592. The van der Waals surface area contributed by atoms with Crippen molar-refractivity contribution in [2.75, 3.05) is 33.2 Å². The van der Waals surface area contributed by atoms with E-state index in [9.17, 15) is 4.39 Å². The fraction of sp³-hybridized carbons (Fsp3) is 0.611. The summed E-state index contributed by atoms with van der Waals surface area (Å²) in [6.07, 6.45) is 4.63. The van der Waals surface area contributed by atoms with Crippen LogP contribution in [0.1, 0.15) is 49.2 Å². The van der Waals surface area contributed by atoms with Crippen LogP contribution in [-0.4, -0.2) is 63.2 Å². The molecule has 25 heavy (non-hydrogen) atoms. The van der Waals surface area contributed by atoms with E-state index in [0.29, 0.717) is 11.6 Å². The van der Waals surface area contributed by atoms with Crippen molar-refractivity contribution in [1.29, 1.82) is 0 Å². The first-order chi connectivity index (χ1) is 12.2. The predicted octanol–water partition coefficient (Wildman–Crippen LogP) is 2.26. The molecule has 2 fully saturated rings. The van der Waals surface area contributed by atoms with Gasteiger partial charge in [-0.05, 0) is 36.4 Å². The molecule has 1 saturated carbocycles. The van der Waals surface area contributed by atoms with E-state index in [-0.39, 0.29) is 11.9 Å². The van der Waals surface area contributed by atoms with Crippen molar-refractivity contribution in [3.63, 3.8) is 0 Å². The van der Waals surface area contributed by atoms with Crippen LogP contribution in [0.25, 0.3) is 0 Å². The molecule has 1 atom stereocenters. The van der Waals surface area contributed by atoms with E-state index in [1.54, 1.807) is 6.07 Å². The molecular weight excluding hydrogens is 319 g/mol. The summed E-state index contributed by atoms with van der Waals surface area (Å²) in [5, 5.41) is 12.6. The van der Waals surface area contributed by atoms with Crippen molar-refractivity contribution < 1.29 is 4.39 Å². The molecule has 134 valence electrons. The predicted molar refractivity (Wildman–Crippen MR) is 92.6 cm³/mol. The van der Waals surface area contributed by atoms with Gasteiger partial charge < -0.3 is 4.90 Å². The number of piperazine rings is 1. The third-order valence-electron chi connectivity index (χ3n) is 5.54. The van der Waals surface area contributed by atoms with Crippen molar-refractivity contribution in [2.45, 2.75) is 37.8 Å². The zero-order chi connectivity index (χ0) is 17.2. The Kier molecular flexibility index (Phi) is 4.76. The highest BCUT2D eigenvalue weighted by molar-refractivity contribution is 5.27. The SMILES string of the molecule is CN1CCN([C@H](c2ccccc2F)c2nnnn2C2CCCC2)CC1. The van der Waals surface area contributed by atoms with E-state index >= 15 is 0 Å². The Labute approximate surface area is 147 Å². The van der Waals surface area contributed by atoms with Gasteiger partial charge in [-0.25, -0.2) is 9.07 Å². The van der Waals surface area contributed by atoms with Crippen LogP contribution in [0.3, 0.4) is 0 Å². The van der Waals surface area contributed by atoms with Gasteiger partial charge in [-0.2, -0.15) is 0 Å². The number of hydrogen-bond acceptors (Lipinski definition) is 5. The lowest BCUT2D eigenvalue weighted by Crippen LogP contribution is -2.47. The smallest absolute Gasteiger partial charge is 0.173 e. The van der Waals surface area contributed by atoms with E-state index in [0.717, 1.165) is 44.8 Å². The van der Waals surface area contributed by atoms with Gasteiger partial charge in [-0.15, -0.1) is 5.10 Å².